The number of fused-ring (bicyclic) bond motifs is 4. The van der Waals surface area contributed by atoms with E-state index < -0.39 is 0 Å². The summed E-state index contributed by atoms with van der Waals surface area (Å²) in [5.74, 6) is 0.622. The van der Waals surface area contributed by atoms with Gasteiger partial charge >= 0.3 is 0 Å². The molecule has 2 aliphatic rings. The molecule has 1 atom stereocenters. The summed E-state index contributed by atoms with van der Waals surface area (Å²) >= 11 is 1.61. The van der Waals surface area contributed by atoms with Gasteiger partial charge in [-0.05, 0) is 54.4 Å². The number of ether oxygens (including phenoxy) is 1. The number of thiophene rings is 1. The Kier molecular flexibility index (Phi) is 4.93. The molecule has 1 N–H and O–H groups in total. The van der Waals surface area contributed by atoms with Crippen molar-refractivity contribution in [1.82, 2.24) is 9.55 Å². The Labute approximate surface area is 189 Å². The molecule has 1 amide bonds. The van der Waals surface area contributed by atoms with Crippen LogP contribution < -0.4 is 15.6 Å². The molecule has 1 aliphatic carbocycles. The van der Waals surface area contributed by atoms with Crippen LogP contribution in [0.1, 0.15) is 48.0 Å². The van der Waals surface area contributed by atoms with Crippen LogP contribution in [0.15, 0.2) is 29.3 Å². The summed E-state index contributed by atoms with van der Waals surface area (Å²) < 4.78 is 6.73. The molecule has 0 bridgehead atoms. The van der Waals surface area contributed by atoms with Crippen molar-refractivity contribution in [2.45, 2.75) is 46.6 Å². The van der Waals surface area contributed by atoms with Crippen LogP contribution in [-0.4, -0.2) is 27.8 Å². The average molecular weight is 452 g/mol. The Hall–Kier alpha value is -3.00. The summed E-state index contributed by atoms with van der Waals surface area (Å²) in [7, 11) is 0. The average Bonchev–Trinajstić information content (AvgIpc) is 3.13. The normalized spacial score (nSPS) is 18.0. The van der Waals surface area contributed by atoms with Crippen LogP contribution in [0.25, 0.3) is 10.2 Å². The predicted molar refractivity (Wildman–Crippen MR) is 124 cm³/mol. The number of carbonyl (C=O) groups excluding carboxylic acids is 2. The fourth-order valence-electron chi connectivity index (χ4n) is 4.56. The van der Waals surface area contributed by atoms with Gasteiger partial charge in [0.15, 0.2) is 12.4 Å². The molecule has 8 heteroatoms. The third-order valence-electron chi connectivity index (χ3n) is 6.51. The first-order chi connectivity index (χ1) is 15.2. The first kappa shape index (κ1) is 20.9. The molecular formula is C24H25N3O4S. The van der Waals surface area contributed by atoms with Gasteiger partial charge < -0.3 is 10.1 Å². The van der Waals surface area contributed by atoms with E-state index in [9.17, 15) is 14.4 Å². The molecule has 7 nitrogen and oxygen atoms in total. The number of rotatable bonds is 3. The molecule has 3 aromatic rings. The maximum Gasteiger partial charge on any atom is 0.262 e. The minimum absolute atomic E-state index is 0.0389. The van der Waals surface area contributed by atoms with Crippen molar-refractivity contribution in [1.29, 1.82) is 0 Å². The zero-order valence-electron chi connectivity index (χ0n) is 18.4. The molecule has 0 radical (unpaired) electrons. The lowest BCUT2D eigenvalue weighted by molar-refractivity contribution is -0.118. The SMILES string of the molecule is CC(C)(C)C1CCc2c(sc3ncn(CC(=O)c4ccc5c(c4)NC(=O)CO5)c(=O)c23)C1. The van der Waals surface area contributed by atoms with E-state index in [-0.39, 0.29) is 35.8 Å². The van der Waals surface area contributed by atoms with Gasteiger partial charge in [-0.25, -0.2) is 4.98 Å². The van der Waals surface area contributed by atoms with Gasteiger partial charge in [-0.2, -0.15) is 0 Å². The van der Waals surface area contributed by atoms with Crippen LogP contribution in [0.3, 0.4) is 0 Å². The zero-order valence-corrected chi connectivity index (χ0v) is 19.2. The molecule has 3 heterocycles. The van der Waals surface area contributed by atoms with Gasteiger partial charge in [0.25, 0.3) is 11.5 Å². The second kappa shape index (κ2) is 7.55. The molecular weight excluding hydrogens is 426 g/mol. The first-order valence-electron chi connectivity index (χ1n) is 10.8. The minimum Gasteiger partial charge on any atom is -0.482 e. The Morgan fingerprint density at radius 3 is 2.91 bits per heavy atom. The molecule has 0 fully saturated rings. The number of ketones is 1. The van der Waals surface area contributed by atoms with Crippen molar-refractivity contribution in [3.8, 4) is 5.75 Å². The first-order valence-corrected chi connectivity index (χ1v) is 11.6. The van der Waals surface area contributed by atoms with E-state index in [0.717, 1.165) is 29.7 Å². The quantitative estimate of drug-likeness (QED) is 0.612. The molecule has 0 saturated carbocycles. The molecule has 1 aliphatic heterocycles. The highest BCUT2D eigenvalue weighted by molar-refractivity contribution is 7.18. The van der Waals surface area contributed by atoms with Crippen LogP contribution in [0, 0.1) is 11.3 Å². The minimum atomic E-state index is -0.260. The molecule has 166 valence electrons. The van der Waals surface area contributed by atoms with E-state index >= 15 is 0 Å². The number of Topliss-reactive ketones (excluding diaryl/α,β-unsaturated/α-hetero) is 1. The number of nitrogens with zero attached hydrogens (tertiary/aromatic N) is 2. The largest absolute Gasteiger partial charge is 0.482 e. The van der Waals surface area contributed by atoms with E-state index in [1.807, 2.05) is 0 Å². The number of hydrogen-bond acceptors (Lipinski definition) is 6. The van der Waals surface area contributed by atoms with E-state index in [4.69, 9.17) is 4.74 Å². The third-order valence-corrected chi connectivity index (χ3v) is 7.67. The highest BCUT2D eigenvalue weighted by atomic mass is 32.1. The van der Waals surface area contributed by atoms with Crippen molar-refractivity contribution in [2.24, 2.45) is 11.3 Å². The fraction of sp³-hybridized carbons (Fsp3) is 0.417. The standard InChI is InChI=1S/C24H25N3O4S/c1-24(2,3)14-5-6-15-19(9-14)32-22-21(15)23(30)27(12-25-22)10-17(28)13-4-7-18-16(8-13)26-20(29)11-31-18/h4,7-8,12,14H,5-6,9-11H2,1-3H3,(H,26,29). The zero-order chi connectivity index (χ0) is 22.6. The highest BCUT2D eigenvalue weighted by Gasteiger charge is 2.31. The summed E-state index contributed by atoms with van der Waals surface area (Å²) in [5, 5.41) is 3.37. The molecule has 0 saturated heterocycles. The van der Waals surface area contributed by atoms with Gasteiger partial charge in [-0.15, -0.1) is 11.3 Å². The monoisotopic (exact) mass is 451 g/mol. The van der Waals surface area contributed by atoms with E-state index in [0.29, 0.717) is 28.3 Å². The number of benzene rings is 1. The molecule has 5 rings (SSSR count). The van der Waals surface area contributed by atoms with Crippen LogP contribution in [0.4, 0.5) is 5.69 Å². The molecule has 1 aromatic carbocycles. The lowest BCUT2D eigenvalue weighted by Gasteiger charge is -2.33. The maximum absolute atomic E-state index is 13.3. The van der Waals surface area contributed by atoms with E-state index in [1.165, 1.54) is 15.8 Å². The Bertz CT molecular complexity index is 1320. The van der Waals surface area contributed by atoms with Gasteiger partial charge in [0.2, 0.25) is 0 Å². The Morgan fingerprint density at radius 1 is 1.31 bits per heavy atom. The summed E-state index contributed by atoms with van der Waals surface area (Å²) in [6.45, 7) is 6.66. The number of aromatic nitrogens is 2. The van der Waals surface area contributed by atoms with Crippen molar-refractivity contribution in [3.63, 3.8) is 0 Å². The Balaban J connectivity index is 1.44. The van der Waals surface area contributed by atoms with Gasteiger partial charge in [0, 0.05) is 10.4 Å². The van der Waals surface area contributed by atoms with Gasteiger partial charge in [-0.1, -0.05) is 20.8 Å². The smallest absolute Gasteiger partial charge is 0.262 e. The van der Waals surface area contributed by atoms with Crippen molar-refractivity contribution < 1.29 is 14.3 Å². The highest BCUT2D eigenvalue weighted by Crippen LogP contribution is 2.42. The topological polar surface area (TPSA) is 90.3 Å². The lowest BCUT2D eigenvalue weighted by atomic mass is 9.72. The summed E-state index contributed by atoms with van der Waals surface area (Å²) in [4.78, 5) is 44.3. The number of anilines is 1. The van der Waals surface area contributed by atoms with Gasteiger partial charge in [-0.3, -0.25) is 19.0 Å². The number of amides is 1. The summed E-state index contributed by atoms with van der Waals surface area (Å²) in [6, 6.07) is 4.90. The predicted octanol–water partition coefficient (Wildman–Crippen LogP) is 3.82. The fourth-order valence-corrected chi connectivity index (χ4v) is 5.81. The van der Waals surface area contributed by atoms with Gasteiger partial charge in [0.05, 0.1) is 23.9 Å². The molecule has 0 spiro atoms. The number of hydrogen-bond donors (Lipinski definition) is 1. The van der Waals surface area contributed by atoms with Crippen LogP contribution in [-0.2, 0) is 24.2 Å². The van der Waals surface area contributed by atoms with Crippen LogP contribution >= 0.6 is 11.3 Å². The third kappa shape index (κ3) is 3.62. The van der Waals surface area contributed by atoms with Crippen molar-refractivity contribution in [2.75, 3.05) is 11.9 Å². The maximum atomic E-state index is 13.3. The molecule has 32 heavy (non-hydrogen) atoms. The van der Waals surface area contributed by atoms with Gasteiger partial charge in [0.1, 0.15) is 10.6 Å². The molecule has 1 unspecified atom stereocenters. The summed E-state index contributed by atoms with van der Waals surface area (Å²) in [6.07, 6.45) is 4.37. The van der Waals surface area contributed by atoms with Crippen molar-refractivity contribution >= 4 is 38.9 Å². The van der Waals surface area contributed by atoms with Crippen molar-refractivity contribution in [3.05, 3.63) is 50.9 Å². The number of nitrogens with one attached hydrogen (secondary N) is 1. The van der Waals surface area contributed by atoms with E-state index in [2.05, 4.69) is 31.1 Å². The number of carbonyl (C=O) groups is 2. The van der Waals surface area contributed by atoms with Crippen LogP contribution in [0.5, 0.6) is 5.75 Å². The Morgan fingerprint density at radius 2 is 2.12 bits per heavy atom. The molecule has 2 aromatic heterocycles. The lowest BCUT2D eigenvalue weighted by Crippen LogP contribution is -2.28. The van der Waals surface area contributed by atoms with Crippen LogP contribution in [0.2, 0.25) is 0 Å². The van der Waals surface area contributed by atoms with E-state index in [1.54, 1.807) is 29.5 Å². The second-order valence-corrected chi connectivity index (χ2v) is 10.7. The summed E-state index contributed by atoms with van der Waals surface area (Å²) in [5.41, 5.74) is 2.05. The second-order valence-electron chi connectivity index (χ2n) is 9.64. The number of aryl methyl sites for hydroxylation is 1.